The minimum atomic E-state index is -2.22. The van der Waals surface area contributed by atoms with Crippen molar-refractivity contribution in [3.05, 3.63) is 30.6 Å². The first-order valence-electron chi connectivity index (χ1n) is 8.25. The molecule has 8 nitrogen and oxygen atoms in total. The van der Waals surface area contributed by atoms with Gasteiger partial charge in [-0.05, 0) is 31.0 Å². The van der Waals surface area contributed by atoms with Crippen molar-refractivity contribution in [3.8, 4) is 22.8 Å². The lowest BCUT2D eigenvalue weighted by Crippen LogP contribution is -2.43. The summed E-state index contributed by atoms with van der Waals surface area (Å²) in [6.07, 6.45) is 3.02. The molecule has 9 heteroatoms. The van der Waals surface area contributed by atoms with Crippen LogP contribution >= 0.6 is 0 Å². The summed E-state index contributed by atoms with van der Waals surface area (Å²) in [5, 5.41) is 0. The molecule has 2 aromatic rings. The first kappa shape index (κ1) is 18.6. The van der Waals surface area contributed by atoms with Crippen LogP contribution in [0.1, 0.15) is 12.8 Å². The average molecular weight is 377 g/mol. The average Bonchev–Trinajstić information content (AvgIpc) is 2.67. The van der Waals surface area contributed by atoms with E-state index in [1.54, 1.807) is 20.5 Å². The molecule has 0 amide bonds. The third-order valence-electron chi connectivity index (χ3n) is 4.41. The number of anilines is 1. The quantitative estimate of drug-likeness (QED) is 0.762. The minimum Gasteiger partial charge on any atom is -0.760 e. The maximum atomic E-state index is 10.8. The normalized spacial score (nSPS) is 16.3. The van der Waals surface area contributed by atoms with Crippen LogP contribution in [0.2, 0.25) is 0 Å². The zero-order valence-electron chi connectivity index (χ0n) is 14.7. The highest BCUT2D eigenvalue weighted by Crippen LogP contribution is 2.32. The zero-order valence-corrected chi connectivity index (χ0v) is 15.5. The van der Waals surface area contributed by atoms with Crippen LogP contribution < -0.4 is 19.1 Å². The van der Waals surface area contributed by atoms with Crippen molar-refractivity contribution in [1.82, 2.24) is 14.7 Å². The van der Waals surface area contributed by atoms with E-state index in [9.17, 15) is 8.76 Å². The predicted octanol–water partition coefficient (Wildman–Crippen LogP) is 1.51. The van der Waals surface area contributed by atoms with Crippen LogP contribution in [0.3, 0.4) is 0 Å². The van der Waals surface area contributed by atoms with Crippen LogP contribution in [0.4, 0.5) is 5.82 Å². The molecule has 1 aromatic carbocycles. The van der Waals surface area contributed by atoms with Crippen molar-refractivity contribution >= 4 is 17.1 Å². The van der Waals surface area contributed by atoms with Gasteiger partial charge in [-0.3, -0.25) is 4.21 Å². The Bertz CT molecular complexity index is 781. The number of hydrogen-bond acceptors (Lipinski definition) is 7. The minimum absolute atomic E-state index is 0.0169. The smallest absolute Gasteiger partial charge is 0.161 e. The number of methoxy groups -OCH3 is 2. The largest absolute Gasteiger partial charge is 0.760 e. The van der Waals surface area contributed by atoms with E-state index in [0.29, 0.717) is 11.5 Å². The number of piperidine rings is 1. The molecule has 1 unspecified atom stereocenters. The summed E-state index contributed by atoms with van der Waals surface area (Å²) >= 11 is -2.22. The number of rotatable bonds is 6. The molecule has 1 atom stereocenters. The second-order valence-corrected chi connectivity index (χ2v) is 6.65. The third kappa shape index (κ3) is 4.29. The van der Waals surface area contributed by atoms with Gasteiger partial charge in [-0.1, -0.05) is 0 Å². The van der Waals surface area contributed by atoms with Crippen molar-refractivity contribution < 1.29 is 18.2 Å². The van der Waals surface area contributed by atoms with Crippen molar-refractivity contribution in [2.75, 3.05) is 32.2 Å². The Balaban J connectivity index is 1.76. The highest BCUT2D eigenvalue weighted by Gasteiger charge is 2.20. The van der Waals surface area contributed by atoms with Crippen molar-refractivity contribution in [1.29, 1.82) is 0 Å². The molecule has 0 aliphatic carbocycles. The van der Waals surface area contributed by atoms with E-state index in [1.165, 1.54) is 0 Å². The van der Waals surface area contributed by atoms with Gasteiger partial charge in [-0.25, -0.2) is 14.7 Å². The van der Waals surface area contributed by atoms with Gasteiger partial charge in [0.05, 0.1) is 19.9 Å². The fraction of sp³-hybridized carbons (Fsp3) is 0.412. The molecule has 0 spiro atoms. The molecule has 1 N–H and O–H groups in total. The van der Waals surface area contributed by atoms with Crippen LogP contribution in [-0.4, -0.2) is 52.1 Å². The molecule has 0 radical (unpaired) electrons. The Morgan fingerprint density at radius 2 is 1.88 bits per heavy atom. The highest BCUT2D eigenvalue weighted by atomic mass is 32.2. The summed E-state index contributed by atoms with van der Waals surface area (Å²) in [5.41, 5.74) is 1.70. The number of nitrogens with zero attached hydrogens (tertiary/aromatic N) is 3. The second kappa shape index (κ2) is 8.43. The van der Waals surface area contributed by atoms with Gasteiger partial charge in [-0.15, -0.1) is 0 Å². The molecule has 1 aliphatic rings. The fourth-order valence-corrected chi connectivity index (χ4v) is 3.54. The highest BCUT2D eigenvalue weighted by molar-refractivity contribution is 7.77. The van der Waals surface area contributed by atoms with E-state index in [-0.39, 0.29) is 6.04 Å². The first-order valence-corrected chi connectivity index (χ1v) is 9.33. The Kier molecular flexibility index (Phi) is 6.02. The summed E-state index contributed by atoms with van der Waals surface area (Å²) in [5.74, 6) is 2.13. The molecule has 0 bridgehead atoms. The van der Waals surface area contributed by atoms with E-state index < -0.39 is 11.3 Å². The molecular weight excluding hydrogens is 356 g/mol. The van der Waals surface area contributed by atoms with E-state index in [2.05, 4.69) is 19.6 Å². The Hall–Kier alpha value is -2.23. The molecule has 3 rings (SSSR count). The number of ether oxygens (including phenoxy) is 2. The van der Waals surface area contributed by atoms with Gasteiger partial charge in [0.15, 0.2) is 11.5 Å². The second-order valence-electron chi connectivity index (χ2n) is 5.95. The predicted molar refractivity (Wildman–Crippen MR) is 97.9 cm³/mol. The lowest BCUT2D eigenvalue weighted by Gasteiger charge is -2.33. The third-order valence-corrected chi connectivity index (χ3v) is 4.94. The van der Waals surface area contributed by atoms with Crippen LogP contribution in [-0.2, 0) is 11.3 Å². The maximum absolute atomic E-state index is 10.8. The zero-order chi connectivity index (χ0) is 18.5. The van der Waals surface area contributed by atoms with Crippen LogP contribution in [0, 0.1) is 0 Å². The number of hydrogen-bond donors (Lipinski definition) is 1. The fourth-order valence-electron chi connectivity index (χ4n) is 3.04. The Labute approximate surface area is 155 Å². The maximum Gasteiger partial charge on any atom is 0.161 e. The molecule has 140 valence electrons. The van der Waals surface area contributed by atoms with E-state index in [1.807, 2.05) is 24.3 Å². The van der Waals surface area contributed by atoms with Gasteiger partial charge >= 0.3 is 0 Å². The number of aromatic nitrogens is 2. The lowest BCUT2D eigenvalue weighted by atomic mass is 10.1. The molecular formula is C17H21N4O4S-. The van der Waals surface area contributed by atoms with Gasteiger partial charge in [0.1, 0.15) is 12.1 Å². The molecule has 26 heavy (non-hydrogen) atoms. The summed E-state index contributed by atoms with van der Waals surface area (Å²) in [4.78, 5) is 10.9. The van der Waals surface area contributed by atoms with Gasteiger partial charge < -0.3 is 18.9 Å². The van der Waals surface area contributed by atoms with Crippen molar-refractivity contribution in [3.63, 3.8) is 0 Å². The number of benzene rings is 1. The summed E-state index contributed by atoms with van der Waals surface area (Å²) in [6, 6.07) is 7.56. The molecule has 1 fully saturated rings. The van der Waals surface area contributed by atoms with E-state index >= 15 is 0 Å². The monoisotopic (exact) mass is 377 g/mol. The molecule has 1 saturated heterocycles. The van der Waals surface area contributed by atoms with Crippen LogP contribution in [0.25, 0.3) is 11.3 Å². The van der Waals surface area contributed by atoms with Gasteiger partial charge in [0.2, 0.25) is 0 Å². The Morgan fingerprint density at radius 3 is 2.54 bits per heavy atom. The summed E-state index contributed by atoms with van der Waals surface area (Å²) in [6.45, 7) is 1.47. The molecule has 1 aliphatic heterocycles. The first-order chi connectivity index (χ1) is 12.6. The van der Waals surface area contributed by atoms with Gasteiger partial charge in [0, 0.05) is 42.0 Å². The Morgan fingerprint density at radius 1 is 1.15 bits per heavy atom. The van der Waals surface area contributed by atoms with Gasteiger partial charge in [0.25, 0.3) is 0 Å². The molecule has 1 aromatic heterocycles. The lowest BCUT2D eigenvalue weighted by molar-refractivity contribution is 0.355. The summed E-state index contributed by atoms with van der Waals surface area (Å²) < 4.78 is 34.7. The van der Waals surface area contributed by atoms with Crippen molar-refractivity contribution in [2.24, 2.45) is 0 Å². The molecule has 0 saturated carbocycles. The number of nitrogens with one attached hydrogen (secondary N) is 1. The molecule has 2 heterocycles. The van der Waals surface area contributed by atoms with Crippen molar-refractivity contribution in [2.45, 2.75) is 18.9 Å². The van der Waals surface area contributed by atoms with Crippen LogP contribution in [0.5, 0.6) is 11.5 Å². The van der Waals surface area contributed by atoms with Crippen LogP contribution in [0.15, 0.2) is 30.6 Å². The topological polar surface area (TPSA) is 99.6 Å². The summed E-state index contributed by atoms with van der Waals surface area (Å²) in [7, 11) is 3.20. The van der Waals surface area contributed by atoms with E-state index in [4.69, 9.17) is 9.47 Å². The van der Waals surface area contributed by atoms with Gasteiger partial charge in [-0.2, -0.15) is 0 Å². The standard InChI is InChI=1S/C17H22N4O4S/c1-24-15-4-3-12(9-16(15)25-2)14-10-17(19-11-18-14)21-7-5-13(6-8-21)20-26(22)23/h3-4,9-11,13,20H,5-8H2,1-2H3,(H,22,23)/p-1. The van der Waals surface area contributed by atoms with E-state index in [0.717, 1.165) is 43.0 Å². The SMILES string of the molecule is COc1ccc(-c2cc(N3CCC(NS(=O)[O-])CC3)ncn2)cc1OC.